The summed E-state index contributed by atoms with van der Waals surface area (Å²) in [4.78, 5) is 3.99. The van der Waals surface area contributed by atoms with E-state index >= 15 is 0 Å². The van der Waals surface area contributed by atoms with Crippen molar-refractivity contribution in [2.24, 2.45) is 0 Å². The van der Waals surface area contributed by atoms with E-state index in [1.165, 1.54) is 0 Å². The first-order valence-electron chi connectivity index (χ1n) is 5.53. The molecule has 2 aromatic heterocycles. The second-order valence-electron chi connectivity index (χ2n) is 3.68. The molecule has 90 valence electrons. The molecule has 2 heterocycles. The second-order valence-corrected chi connectivity index (χ2v) is 4.06. The van der Waals surface area contributed by atoms with Gasteiger partial charge in [-0.3, -0.25) is 0 Å². The van der Waals surface area contributed by atoms with Crippen molar-refractivity contribution in [3.05, 3.63) is 36.0 Å². The molecule has 0 aliphatic carbocycles. The monoisotopic (exact) mass is 251 g/mol. The predicted octanol–water partition coefficient (Wildman–Crippen LogP) is 2.22. The van der Waals surface area contributed by atoms with Crippen LogP contribution in [-0.2, 0) is 6.54 Å². The second kappa shape index (κ2) is 6.20. The van der Waals surface area contributed by atoms with E-state index in [9.17, 15) is 0 Å². The van der Waals surface area contributed by atoms with Crippen molar-refractivity contribution < 1.29 is 0 Å². The third kappa shape index (κ3) is 4.03. The van der Waals surface area contributed by atoms with E-state index in [4.69, 9.17) is 11.6 Å². The lowest BCUT2D eigenvalue weighted by atomic mass is 10.3. The topological polar surface area (TPSA) is 55.6 Å². The molecule has 0 aliphatic heterocycles. The predicted molar refractivity (Wildman–Crippen MR) is 67.0 cm³/mol. The summed E-state index contributed by atoms with van der Waals surface area (Å²) in [7, 11) is 0. The molecule has 0 radical (unpaired) electrons. The van der Waals surface area contributed by atoms with Crippen molar-refractivity contribution >= 4 is 17.4 Å². The van der Waals surface area contributed by atoms with Crippen LogP contribution in [0.25, 0.3) is 0 Å². The first kappa shape index (κ1) is 11.9. The molecule has 0 amide bonds. The Balaban J connectivity index is 1.61. The zero-order chi connectivity index (χ0) is 11.9. The molecular weight excluding hydrogens is 238 g/mol. The lowest BCUT2D eigenvalue weighted by Crippen LogP contribution is -2.05. The molecule has 6 heteroatoms. The zero-order valence-corrected chi connectivity index (χ0v) is 10.1. The molecular formula is C11H14ClN5. The Bertz CT molecular complexity index is 426. The molecule has 2 rings (SSSR count). The normalized spacial score (nSPS) is 10.4. The number of unbranched alkanes of at least 4 members (excludes halogenated alkanes) is 1. The zero-order valence-electron chi connectivity index (χ0n) is 9.38. The highest BCUT2D eigenvalue weighted by molar-refractivity contribution is 6.29. The Hall–Kier alpha value is -1.62. The number of nitrogens with one attached hydrogen (secondary N) is 1. The Labute approximate surface area is 105 Å². The van der Waals surface area contributed by atoms with Gasteiger partial charge in [-0.15, -0.1) is 10.2 Å². The summed E-state index contributed by atoms with van der Waals surface area (Å²) < 4.78 is 2.07. The van der Waals surface area contributed by atoms with Crippen molar-refractivity contribution in [3.63, 3.8) is 0 Å². The third-order valence-corrected chi connectivity index (χ3v) is 2.54. The summed E-state index contributed by atoms with van der Waals surface area (Å²) in [5.74, 6) is 0.761. The fraction of sp³-hybridized carbons (Fsp3) is 0.364. The summed E-state index contributed by atoms with van der Waals surface area (Å²) in [5.41, 5.74) is 0. The van der Waals surface area contributed by atoms with E-state index in [0.717, 1.165) is 31.7 Å². The molecule has 0 aliphatic rings. The molecule has 0 spiro atoms. The minimum atomic E-state index is 0.413. The van der Waals surface area contributed by atoms with Crippen molar-refractivity contribution in [2.75, 3.05) is 11.9 Å². The summed E-state index contributed by atoms with van der Waals surface area (Å²) in [6.07, 6.45) is 7.77. The number of anilines is 1. The van der Waals surface area contributed by atoms with Crippen LogP contribution in [0.5, 0.6) is 0 Å². The number of hydrogen-bond acceptors (Lipinski definition) is 4. The molecule has 0 bridgehead atoms. The van der Waals surface area contributed by atoms with Gasteiger partial charge in [0.05, 0.1) is 6.33 Å². The van der Waals surface area contributed by atoms with E-state index in [0.29, 0.717) is 5.15 Å². The first-order chi connectivity index (χ1) is 8.34. The quantitative estimate of drug-likeness (QED) is 0.800. The summed E-state index contributed by atoms with van der Waals surface area (Å²) in [6.45, 7) is 1.87. The van der Waals surface area contributed by atoms with Gasteiger partial charge in [0.15, 0.2) is 5.15 Å². The number of aromatic nitrogens is 4. The SMILES string of the molecule is Clc1ccc(NCCCCn2ccnc2)nn1. The molecule has 0 fully saturated rings. The number of nitrogens with zero attached hydrogens (tertiary/aromatic N) is 4. The van der Waals surface area contributed by atoms with Gasteiger partial charge in [-0.25, -0.2) is 4.98 Å². The van der Waals surface area contributed by atoms with Crippen LogP contribution < -0.4 is 5.32 Å². The van der Waals surface area contributed by atoms with Gasteiger partial charge in [0.25, 0.3) is 0 Å². The highest BCUT2D eigenvalue weighted by Gasteiger charge is 1.95. The van der Waals surface area contributed by atoms with Crippen LogP contribution in [0.3, 0.4) is 0 Å². The molecule has 0 unspecified atom stereocenters. The van der Waals surface area contributed by atoms with E-state index in [-0.39, 0.29) is 0 Å². The Morgan fingerprint density at radius 1 is 1.24 bits per heavy atom. The average Bonchev–Trinajstić information content (AvgIpc) is 2.84. The van der Waals surface area contributed by atoms with Gasteiger partial charge in [0, 0.05) is 25.5 Å². The van der Waals surface area contributed by atoms with Gasteiger partial charge < -0.3 is 9.88 Å². The molecule has 0 atom stereocenters. The molecule has 2 aromatic rings. The summed E-state index contributed by atoms with van der Waals surface area (Å²) in [5, 5.41) is 11.3. The highest BCUT2D eigenvalue weighted by atomic mass is 35.5. The van der Waals surface area contributed by atoms with Crippen LogP contribution in [0, 0.1) is 0 Å². The van der Waals surface area contributed by atoms with E-state index in [1.54, 1.807) is 12.3 Å². The Morgan fingerprint density at radius 2 is 2.18 bits per heavy atom. The fourth-order valence-corrected chi connectivity index (χ4v) is 1.57. The highest BCUT2D eigenvalue weighted by Crippen LogP contribution is 2.06. The molecule has 1 N–H and O–H groups in total. The molecule has 17 heavy (non-hydrogen) atoms. The van der Waals surface area contributed by atoms with Crippen LogP contribution in [0.4, 0.5) is 5.82 Å². The lowest BCUT2D eigenvalue weighted by Gasteiger charge is -2.05. The maximum Gasteiger partial charge on any atom is 0.151 e. The minimum absolute atomic E-state index is 0.413. The van der Waals surface area contributed by atoms with Gasteiger partial charge in [-0.05, 0) is 25.0 Å². The van der Waals surface area contributed by atoms with Crippen molar-refractivity contribution in [1.29, 1.82) is 0 Å². The van der Waals surface area contributed by atoms with Gasteiger partial charge in [-0.1, -0.05) is 11.6 Å². The van der Waals surface area contributed by atoms with Crippen molar-refractivity contribution in [3.8, 4) is 0 Å². The summed E-state index contributed by atoms with van der Waals surface area (Å²) in [6, 6.07) is 3.55. The van der Waals surface area contributed by atoms with Crippen LogP contribution in [0.15, 0.2) is 30.9 Å². The number of imidazole rings is 1. The number of hydrogen-bond donors (Lipinski definition) is 1. The first-order valence-corrected chi connectivity index (χ1v) is 5.91. The largest absolute Gasteiger partial charge is 0.369 e. The molecule has 5 nitrogen and oxygen atoms in total. The standard InChI is InChI=1S/C11H14ClN5/c12-10-3-4-11(16-15-10)14-5-1-2-7-17-8-6-13-9-17/h3-4,6,8-9H,1-2,5,7H2,(H,14,16). The van der Waals surface area contributed by atoms with Gasteiger partial charge in [0.2, 0.25) is 0 Å². The molecule has 0 aromatic carbocycles. The molecule has 0 saturated heterocycles. The third-order valence-electron chi connectivity index (χ3n) is 2.34. The van der Waals surface area contributed by atoms with Crippen LogP contribution in [-0.4, -0.2) is 26.3 Å². The minimum Gasteiger partial charge on any atom is -0.369 e. The van der Waals surface area contributed by atoms with E-state index < -0.39 is 0 Å². The van der Waals surface area contributed by atoms with Gasteiger partial charge >= 0.3 is 0 Å². The smallest absolute Gasteiger partial charge is 0.151 e. The van der Waals surface area contributed by atoms with Gasteiger partial charge in [-0.2, -0.15) is 0 Å². The fourth-order valence-electron chi connectivity index (χ4n) is 1.47. The Kier molecular flexibility index (Phi) is 4.32. The lowest BCUT2D eigenvalue weighted by molar-refractivity contribution is 0.620. The molecule has 0 saturated carbocycles. The number of halogens is 1. The van der Waals surface area contributed by atoms with E-state index in [2.05, 4.69) is 25.1 Å². The van der Waals surface area contributed by atoms with Crippen LogP contribution in [0.1, 0.15) is 12.8 Å². The number of rotatable bonds is 6. The number of aryl methyl sites for hydroxylation is 1. The van der Waals surface area contributed by atoms with Crippen molar-refractivity contribution in [2.45, 2.75) is 19.4 Å². The Morgan fingerprint density at radius 3 is 2.88 bits per heavy atom. The van der Waals surface area contributed by atoms with Crippen molar-refractivity contribution in [1.82, 2.24) is 19.7 Å². The van der Waals surface area contributed by atoms with Crippen LogP contribution >= 0.6 is 11.6 Å². The maximum atomic E-state index is 5.64. The summed E-state index contributed by atoms with van der Waals surface area (Å²) >= 11 is 5.64. The van der Waals surface area contributed by atoms with E-state index in [1.807, 2.05) is 18.6 Å². The average molecular weight is 252 g/mol. The maximum absolute atomic E-state index is 5.64. The van der Waals surface area contributed by atoms with Crippen LogP contribution in [0.2, 0.25) is 5.15 Å². The van der Waals surface area contributed by atoms with Gasteiger partial charge in [0.1, 0.15) is 5.82 Å².